The van der Waals surface area contributed by atoms with Gasteiger partial charge in [0.25, 0.3) is 0 Å². The molecule has 0 bridgehead atoms. The van der Waals surface area contributed by atoms with Crippen LogP contribution in [0, 0.1) is 13.8 Å². The molecule has 2 aromatic carbocycles. The van der Waals surface area contributed by atoms with Crippen LogP contribution in [0.3, 0.4) is 0 Å². The van der Waals surface area contributed by atoms with Gasteiger partial charge in [0.1, 0.15) is 11.5 Å². The summed E-state index contributed by atoms with van der Waals surface area (Å²) in [5.41, 5.74) is 2.96. The number of nitrogens with zero attached hydrogens (tertiary/aromatic N) is 5. The van der Waals surface area contributed by atoms with Gasteiger partial charge in [0.15, 0.2) is 0 Å². The molecule has 3 aromatic rings. The second-order valence-corrected chi connectivity index (χ2v) is 9.10. The van der Waals surface area contributed by atoms with E-state index in [0.717, 1.165) is 35.9 Å². The van der Waals surface area contributed by atoms with Crippen molar-refractivity contribution in [2.45, 2.75) is 20.2 Å². The topological polar surface area (TPSA) is 87.1 Å². The van der Waals surface area contributed by atoms with Crippen LogP contribution in [-0.4, -0.2) is 65.6 Å². The van der Waals surface area contributed by atoms with Crippen molar-refractivity contribution < 1.29 is 22.6 Å². The molecule has 39 heavy (non-hydrogen) atoms. The molecule has 2 N–H and O–H groups in total. The molecule has 0 amide bonds. The van der Waals surface area contributed by atoms with Crippen molar-refractivity contribution in [3.05, 3.63) is 66.0 Å². The number of guanidine groups is 1. The van der Waals surface area contributed by atoms with E-state index in [1.54, 1.807) is 13.2 Å². The molecular formula is C26H28F3N7O2S. The fraction of sp³-hybridized carbons (Fsp3) is 0.308. The van der Waals surface area contributed by atoms with Crippen molar-refractivity contribution in [1.29, 1.82) is 0 Å². The Hall–Kier alpha value is -4.13. The zero-order valence-corrected chi connectivity index (χ0v) is 22.4. The SMILES string of the molecule is COc1ccc(N2CCN(/C(=N\C(=S)Nc3cccc(OC(F)(F)F)c3)Nc3nc(C)cc(C)n3)CC2)cc1. The molecule has 9 nitrogen and oxygen atoms in total. The molecule has 13 heteroatoms. The minimum atomic E-state index is -4.80. The Morgan fingerprint density at radius 2 is 1.59 bits per heavy atom. The highest BCUT2D eigenvalue weighted by Gasteiger charge is 2.31. The summed E-state index contributed by atoms with van der Waals surface area (Å²) in [4.78, 5) is 17.7. The van der Waals surface area contributed by atoms with E-state index in [0.29, 0.717) is 30.7 Å². The summed E-state index contributed by atoms with van der Waals surface area (Å²) in [6.45, 7) is 6.43. The number of ether oxygens (including phenoxy) is 2. The number of aryl methyl sites for hydroxylation is 2. The molecule has 1 aromatic heterocycles. The Labute approximate surface area is 229 Å². The lowest BCUT2D eigenvalue weighted by molar-refractivity contribution is -0.274. The van der Waals surface area contributed by atoms with Gasteiger partial charge in [0.2, 0.25) is 17.0 Å². The number of nitrogens with one attached hydrogen (secondary N) is 2. The molecule has 0 unspecified atom stereocenters. The lowest BCUT2D eigenvalue weighted by Gasteiger charge is -2.37. The van der Waals surface area contributed by atoms with Crippen molar-refractivity contribution in [2.75, 3.05) is 48.8 Å². The normalized spacial score (nSPS) is 14.2. The first-order valence-corrected chi connectivity index (χ1v) is 12.5. The van der Waals surface area contributed by atoms with E-state index in [4.69, 9.17) is 17.0 Å². The Bertz CT molecular complexity index is 1310. The molecule has 1 aliphatic rings. The number of hydrogen-bond acceptors (Lipinski definition) is 6. The third-order valence-corrected chi connectivity index (χ3v) is 5.94. The lowest BCUT2D eigenvalue weighted by atomic mass is 10.2. The predicted octanol–water partition coefficient (Wildman–Crippen LogP) is 4.99. The van der Waals surface area contributed by atoms with E-state index in [-0.39, 0.29) is 10.9 Å². The number of benzene rings is 2. The molecule has 0 spiro atoms. The number of aliphatic imine (C=N–C) groups is 1. The largest absolute Gasteiger partial charge is 0.573 e. The van der Waals surface area contributed by atoms with E-state index in [1.807, 2.05) is 49.1 Å². The van der Waals surface area contributed by atoms with Crippen LogP contribution < -0.4 is 25.0 Å². The van der Waals surface area contributed by atoms with Gasteiger partial charge < -0.3 is 24.6 Å². The first-order chi connectivity index (χ1) is 18.6. The number of aromatic nitrogens is 2. The molecule has 0 atom stereocenters. The van der Waals surface area contributed by atoms with Crippen LogP contribution in [0.15, 0.2) is 59.6 Å². The Kier molecular flexibility index (Phi) is 8.69. The smallest absolute Gasteiger partial charge is 0.497 e. The zero-order valence-electron chi connectivity index (χ0n) is 21.6. The summed E-state index contributed by atoms with van der Waals surface area (Å²) in [5.74, 6) is 1.22. The van der Waals surface area contributed by atoms with Crippen LogP contribution in [0.4, 0.5) is 30.5 Å². The molecular weight excluding hydrogens is 531 g/mol. The third-order valence-electron chi connectivity index (χ3n) is 5.75. The lowest BCUT2D eigenvalue weighted by Crippen LogP contribution is -2.51. The minimum Gasteiger partial charge on any atom is -0.497 e. The maximum atomic E-state index is 12.6. The Morgan fingerprint density at radius 1 is 0.923 bits per heavy atom. The summed E-state index contributed by atoms with van der Waals surface area (Å²) in [7, 11) is 1.63. The van der Waals surface area contributed by atoms with E-state index in [1.165, 1.54) is 18.2 Å². The second-order valence-electron chi connectivity index (χ2n) is 8.71. The Balaban J connectivity index is 1.51. The quantitative estimate of drug-likeness (QED) is 0.255. The molecule has 1 aliphatic heterocycles. The number of alkyl halides is 3. The fourth-order valence-corrected chi connectivity index (χ4v) is 4.25. The van der Waals surface area contributed by atoms with Gasteiger partial charge in [0, 0.05) is 55.0 Å². The highest BCUT2D eigenvalue weighted by atomic mass is 32.1. The molecule has 1 fully saturated rings. The van der Waals surface area contributed by atoms with Gasteiger partial charge in [0.05, 0.1) is 7.11 Å². The number of anilines is 3. The van der Waals surface area contributed by atoms with Gasteiger partial charge in [-0.1, -0.05) is 6.07 Å². The average molecular weight is 560 g/mol. The van der Waals surface area contributed by atoms with Gasteiger partial charge in [-0.2, -0.15) is 4.99 Å². The second kappa shape index (κ2) is 12.2. The van der Waals surface area contributed by atoms with Crippen molar-refractivity contribution >= 4 is 40.6 Å². The zero-order chi connectivity index (χ0) is 28.0. The van der Waals surface area contributed by atoms with Gasteiger partial charge >= 0.3 is 6.36 Å². The highest BCUT2D eigenvalue weighted by molar-refractivity contribution is 7.80. The van der Waals surface area contributed by atoms with E-state index in [9.17, 15) is 13.2 Å². The number of methoxy groups -OCH3 is 1. The van der Waals surface area contributed by atoms with Crippen LogP contribution in [0.5, 0.6) is 11.5 Å². The molecule has 0 aliphatic carbocycles. The monoisotopic (exact) mass is 559 g/mol. The number of rotatable bonds is 5. The van der Waals surface area contributed by atoms with E-state index in [2.05, 4.69) is 35.2 Å². The molecule has 0 radical (unpaired) electrons. The van der Waals surface area contributed by atoms with Crippen LogP contribution in [0.25, 0.3) is 0 Å². The molecule has 4 rings (SSSR count). The standard InChI is InChI=1S/C26H28F3N7O2S/c1-17-15-18(2)31-23(30-17)33-24(34-25(39)32-19-5-4-6-22(16-19)38-26(27,28)29)36-13-11-35(12-14-36)20-7-9-21(37-3)10-8-20/h4-10,15-16H,11-14H2,1-3H3,(H2,30,31,32,33,34,39). The summed E-state index contributed by atoms with van der Waals surface area (Å²) >= 11 is 5.43. The highest BCUT2D eigenvalue weighted by Crippen LogP contribution is 2.25. The first kappa shape index (κ1) is 27.9. The van der Waals surface area contributed by atoms with Crippen molar-refractivity contribution in [3.63, 3.8) is 0 Å². The molecule has 0 saturated carbocycles. The van der Waals surface area contributed by atoms with Gasteiger partial charge in [-0.25, -0.2) is 9.97 Å². The Morgan fingerprint density at radius 3 is 2.21 bits per heavy atom. The van der Waals surface area contributed by atoms with Crippen molar-refractivity contribution in [1.82, 2.24) is 14.9 Å². The first-order valence-electron chi connectivity index (χ1n) is 12.1. The van der Waals surface area contributed by atoms with Gasteiger partial charge in [-0.05, 0) is 68.5 Å². The summed E-state index contributed by atoms with van der Waals surface area (Å²) in [6, 6.07) is 15.1. The van der Waals surface area contributed by atoms with Gasteiger partial charge in [-0.3, -0.25) is 5.32 Å². The maximum Gasteiger partial charge on any atom is 0.573 e. The number of piperazine rings is 1. The summed E-state index contributed by atoms with van der Waals surface area (Å²) in [6.07, 6.45) is -4.80. The van der Waals surface area contributed by atoms with E-state index < -0.39 is 6.36 Å². The predicted molar refractivity (Wildman–Crippen MR) is 149 cm³/mol. The van der Waals surface area contributed by atoms with Gasteiger partial charge in [-0.15, -0.1) is 13.2 Å². The molecule has 2 heterocycles. The summed E-state index contributed by atoms with van der Waals surface area (Å²) < 4.78 is 47.1. The fourth-order valence-electron chi connectivity index (χ4n) is 4.05. The van der Waals surface area contributed by atoms with Crippen LogP contribution in [0.1, 0.15) is 11.4 Å². The third kappa shape index (κ3) is 8.18. The van der Waals surface area contributed by atoms with E-state index >= 15 is 0 Å². The number of hydrogen-bond donors (Lipinski definition) is 2. The molecule has 206 valence electrons. The van der Waals surface area contributed by atoms with Crippen LogP contribution in [0.2, 0.25) is 0 Å². The van der Waals surface area contributed by atoms with Crippen molar-refractivity contribution in [3.8, 4) is 11.5 Å². The number of halogens is 3. The van der Waals surface area contributed by atoms with Crippen LogP contribution >= 0.6 is 12.2 Å². The van der Waals surface area contributed by atoms with Crippen LogP contribution in [-0.2, 0) is 0 Å². The summed E-state index contributed by atoms with van der Waals surface area (Å²) in [5, 5.41) is 6.08. The maximum absolute atomic E-state index is 12.6. The average Bonchev–Trinajstić information content (AvgIpc) is 2.87. The van der Waals surface area contributed by atoms with Crippen molar-refractivity contribution in [2.24, 2.45) is 4.99 Å². The molecule has 1 saturated heterocycles. The number of thiocarbonyl (C=S) groups is 1. The minimum absolute atomic E-state index is 0.0450.